The van der Waals surface area contributed by atoms with Crippen molar-refractivity contribution in [1.82, 2.24) is 9.97 Å². The standard InChI is InChI=1S/C13H10BrN3/c14-9-5-8(6-10(15)7-9)13-16-11-3-1-2-4-12(11)17-13/h1-7H,15H2,(H,16,17). The molecular formula is C13H10BrN3. The molecule has 1 heterocycles. The molecule has 84 valence electrons. The molecule has 0 aliphatic carbocycles. The highest BCUT2D eigenvalue weighted by atomic mass is 79.9. The molecule has 0 radical (unpaired) electrons. The largest absolute Gasteiger partial charge is 0.399 e. The molecule has 0 fully saturated rings. The molecule has 0 spiro atoms. The van der Waals surface area contributed by atoms with E-state index in [9.17, 15) is 0 Å². The average Bonchev–Trinajstić information content (AvgIpc) is 2.71. The van der Waals surface area contributed by atoms with E-state index in [1.165, 1.54) is 0 Å². The van der Waals surface area contributed by atoms with Crippen molar-refractivity contribution in [2.45, 2.75) is 0 Å². The number of nitrogen functional groups attached to an aromatic ring is 1. The summed E-state index contributed by atoms with van der Waals surface area (Å²) in [5.74, 6) is 0.833. The Morgan fingerprint density at radius 2 is 1.94 bits per heavy atom. The molecule has 17 heavy (non-hydrogen) atoms. The Hall–Kier alpha value is -1.81. The summed E-state index contributed by atoms with van der Waals surface area (Å²) >= 11 is 3.43. The van der Waals surface area contributed by atoms with Gasteiger partial charge >= 0.3 is 0 Å². The Bertz CT molecular complexity index is 635. The van der Waals surface area contributed by atoms with Crippen LogP contribution < -0.4 is 5.73 Å². The van der Waals surface area contributed by atoms with E-state index >= 15 is 0 Å². The summed E-state index contributed by atoms with van der Waals surface area (Å²) in [5, 5.41) is 0. The van der Waals surface area contributed by atoms with Crippen LogP contribution in [0.25, 0.3) is 22.4 Å². The molecule has 2 aromatic carbocycles. The number of para-hydroxylation sites is 2. The van der Waals surface area contributed by atoms with Gasteiger partial charge in [-0.15, -0.1) is 0 Å². The van der Waals surface area contributed by atoms with Crippen LogP contribution in [0.1, 0.15) is 0 Å². The Balaban J connectivity index is 2.20. The van der Waals surface area contributed by atoms with Crippen molar-refractivity contribution in [2.75, 3.05) is 5.73 Å². The first-order valence-corrected chi connectivity index (χ1v) is 6.03. The summed E-state index contributed by atoms with van der Waals surface area (Å²) in [7, 11) is 0. The lowest BCUT2D eigenvalue weighted by molar-refractivity contribution is 1.33. The summed E-state index contributed by atoms with van der Waals surface area (Å²) in [4.78, 5) is 7.81. The van der Waals surface area contributed by atoms with Crippen molar-refractivity contribution >= 4 is 32.7 Å². The lowest BCUT2D eigenvalue weighted by atomic mass is 10.2. The Morgan fingerprint density at radius 1 is 1.12 bits per heavy atom. The number of fused-ring (bicyclic) bond motifs is 1. The quantitative estimate of drug-likeness (QED) is 0.672. The lowest BCUT2D eigenvalue weighted by Crippen LogP contribution is -1.87. The van der Waals surface area contributed by atoms with E-state index in [0.29, 0.717) is 0 Å². The zero-order valence-electron chi connectivity index (χ0n) is 8.94. The molecule has 0 aliphatic heterocycles. The third-order valence-electron chi connectivity index (χ3n) is 2.58. The first-order chi connectivity index (χ1) is 8.22. The number of nitrogens with one attached hydrogen (secondary N) is 1. The van der Waals surface area contributed by atoms with Crippen molar-refractivity contribution in [2.24, 2.45) is 0 Å². The van der Waals surface area contributed by atoms with Crippen LogP contribution in [0.5, 0.6) is 0 Å². The second-order valence-electron chi connectivity index (χ2n) is 3.88. The summed E-state index contributed by atoms with van der Waals surface area (Å²) in [6.07, 6.45) is 0. The Morgan fingerprint density at radius 3 is 2.71 bits per heavy atom. The van der Waals surface area contributed by atoms with Gasteiger partial charge in [0.1, 0.15) is 5.82 Å². The maximum absolute atomic E-state index is 5.82. The molecule has 0 atom stereocenters. The van der Waals surface area contributed by atoms with Crippen LogP contribution in [0.4, 0.5) is 5.69 Å². The number of aromatic nitrogens is 2. The molecule has 0 bridgehead atoms. The minimum atomic E-state index is 0.717. The van der Waals surface area contributed by atoms with Crippen LogP contribution in [0.2, 0.25) is 0 Å². The van der Waals surface area contributed by atoms with Crippen molar-refractivity contribution in [3.8, 4) is 11.4 Å². The van der Waals surface area contributed by atoms with Crippen molar-refractivity contribution in [1.29, 1.82) is 0 Å². The van der Waals surface area contributed by atoms with Crippen LogP contribution in [-0.2, 0) is 0 Å². The SMILES string of the molecule is Nc1cc(Br)cc(-c2nc3ccccc3[nH]2)c1. The fourth-order valence-electron chi connectivity index (χ4n) is 1.84. The second kappa shape index (κ2) is 3.89. The lowest BCUT2D eigenvalue weighted by Gasteiger charge is -2.00. The molecule has 0 saturated carbocycles. The van der Waals surface area contributed by atoms with Gasteiger partial charge in [0, 0.05) is 15.7 Å². The number of imidazole rings is 1. The first-order valence-electron chi connectivity index (χ1n) is 5.23. The molecule has 0 aliphatic rings. The molecule has 4 heteroatoms. The van der Waals surface area contributed by atoms with Gasteiger partial charge < -0.3 is 10.7 Å². The van der Waals surface area contributed by atoms with Gasteiger partial charge in [0.05, 0.1) is 11.0 Å². The summed E-state index contributed by atoms with van der Waals surface area (Å²) in [5.41, 5.74) is 9.50. The molecule has 3 aromatic rings. The minimum Gasteiger partial charge on any atom is -0.399 e. The van der Waals surface area contributed by atoms with Gasteiger partial charge in [-0.3, -0.25) is 0 Å². The van der Waals surface area contributed by atoms with Crippen LogP contribution >= 0.6 is 15.9 Å². The Kier molecular flexibility index (Phi) is 2.37. The molecule has 0 saturated heterocycles. The van der Waals surface area contributed by atoms with Gasteiger partial charge in [0.15, 0.2) is 0 Å². The predicted molar refractivity (Wildman–Crippen MR) is 73.6 cm³/mol. The van der Waals surface area contributed by atoms with Gasteiger partial charge in [-0.1, -0.05) is 28.1 Å². The number of aromatic amines is 1. The number of hydrogen-bond donors (Lipinski definition) is 2. The average molecular weight is 288 g/mol. The highest BCUT2D eigenvalue weighted by Crippen LogP contribution is 2.25. The number of nitrogens with two attached hydrogens (primary N) is 1. The number of rotatable bonds is 1. The number of hydrogen-bond acceptors (Lipinski definition) is 2. The van der Waals surface area contributed by atoms with E-state index in [-0.39, 0.29) is 0 Å². The predicted octanol–water partition coefficient (Wildman–Crippen LogP) is 3.57. The number of anilines is 1. The fourth-order valence-corrected chi connectivity index (χ4v) is 2.35. The third-order valence-corrected chi connectivity index (χ3v) is 3.04. The monoisotopic (exact) mass is 287 g/mol. The molecule has 3 nitrogen and oxygen atoms in total. The van der Waals surface area contributed by atoms with E-state index in [1.54, 1.807) is 0 Å². The van der Waals surface area contributed by atoms with Crippen LogP contribution in [0, 0.1) is 0 Å². The zero-order chi connectivity index (χ0) is 11.8. The van der Waals surface area contributed by atoms with Crippen LogP contribution in [0.3, 0.4) is 0 Å². The van der Waals surface area contributed by atoms with E-state index in [0.717, 1.165) is 32.6 Å². The Labute approximate surface area is 107 Å². The maximum atomic E-state index is 5.82. The highest BCUT2D eigenvalue weighted by molar-refractivity contribution is 9.10. The van der Waals surface area contributed by atoms with E-state index in [1.807, 2.05) is 42.5 Å². The van der Waals surface area contributed by atoms with Crippen LogP contribution in [-0.4, -0.2) is 9.97 Å². The first kappa shape index (κ1) is 10.4. The van der Waals surface area contributed by atoms with Gasteiger partial charge in [0.25, 0.3) is 0 Å². The van der Waals surface area contributed by atoms with Gasteiger partial charge in [-0.25, -0.2) is 4.98 Å². The number of benzene rings is 2. The summed E-state index contributed by atoms with van der Waals surface area (Å²) < 4.78 is 0.952. The zero-order valence-corrected chi connectivity index (χ0v) is 10.5. The molecule has 0 unspecified atom stereocenters. The molecule has 3 N–H and O–H groups in total. The van der Waals surface area contributed by atoms with E-state index in [4.69, 9.17) is 5.73 Å². The molecular weight excluding hydrogens is 278 g/mol. The number of H-pyrrole nitrogens is 1. The summed E-state index contributed by atoms with van der Waals surface area (Å²) in [6.45, 7) is 0. The van der Waals surface area contributed by atoms with Crippen molar-refractivity contribution in [3.63, 3.8) is 0 Å². The van der Waals surface area contributed by atoms with Crippen LogP contribution in [0.15, 0.2) is 46.9 Å². The normalized spacial score (nSPS) is 10.9. The topological polar surface area (TPSA) is 54.7 Å². The number of halogens is 1. The number of nitrogens with zero attached hydrogens (tertiary/aromatic N) is 1. The van der Waals surface area contributed by atoms with E-state index < -0.39 is 0 Å². The fraction of sp³-hybridized carbons (Fsp3) is 0. The van der Waals surface area contributed by atoms with Gasteiger partial charge in [0.2, 0.25) is 0 Å². The smallest absolute Gasteiger partial charge is 0.138 e. The third kappa shape index (κ3) is 1.91. The molecule has 0 amide bonds. The van der Waals surface area contributed by atoms with E-state index in [2.05, 4.69) is 25.9 Å². The van der Waals surface area contributed by atoms with Gasteiger partial charge in [-0.05, 0) is 30.3 Å². The molecule has 1 aromatic heterocycles. The van der Waals surface area contributed by atoms with Crippen molar-refractivity contribution < 1.29 is 0 Å². The second-order valence-corrected chi connectivity index (χ2v) is 4.79. The molecule has 3 rings (SSSR count). The highest BCUT2D eigenvalue weighted by Gasteiger charge is 2.06. The maximum Gasteiger partial charge on any atom is 0.138 e. The minimum absolute atomic E-state index is 0.717. The summed E-state index contributed by atoms with van der Waals surface area (Å²) in [6, 6.07) is 13.7. The van der Waals surface area contributed by atoms with Crippen molar-refractivity contribution in [3.05, 3.63) is 46.9 Å². The van der Waals surface area contributed by atoms with Gasteiger partial charge in [-0.2, -0.15) is 0 Å².